The number of carbonyl (C=O) groups excluding carboxylic acids is 1. The number of hydrogen-bond acceptors (Lipinski definition) is 5. The number of fused-ring (bicyclic) bond motifs is 1. The Bertz CT molecular complexity index is 789. The first-order chi connectivity index (χ1) is 13.1. The van der Waals surface area contributed by atoms with Crippen LogP contribution in [0.5, 0.6) is 11.5 Å². The van der Waals surface area contributed by atoms with E-state index in [4.69, 9.17) is 13.9 Å². The summed E-state index contributed by atoms with van der Waals surface area (Å²) in [6, 6.07) is 9.89. The van der Waals surface area contributed by atoms with Crippen molar-refractivity contribution in [1.82, 2.24) is 10.2 Å². The van der Waals surface area contributed by atoms with Gasteiger partial charge in [-0.1, -0.05) is 13.0 Å². The monoisotopic (exact) mass is 370 g/mol. The zero-order valence-electron chi connectivity index (χ0n) is 15.7. The number of carbonyl (C=O) groups is 1. The maximum atomic E-state index is 12.3. The van der Waals surface area contributed by atoms with Gasteiger partial charge in [-0.15, -0.1) is 0 Å². The normalized spacial score (nSPS) is 22.0. The van der Waals surface area contributed by atoms with Crippen LogP contribution in [0, 0.1) is 5.41 Å². The van der Waals surface area contributed by atoms with Gasteiger partial charge >= 0.3 is 0 Å². The van der Waals surface area contributed by atoms with Gasteiger partial charge in [0.25, 0.3) is 0 Å². The maximum absolute atomic E-state index is 12.3. The number of piperidine rings is 1. The fraction of sp³-hybridized carbons (Fsp3) is 0.476. The molecule has 3 heterocycles. The van der Waals surface area contributed by atoms with E-state index in [2.05, 4.69) is 29.3 Å². The third-order valence-corrected chi connectivity index (χ3v) is 5.33. The van der Waals surface area contributed by atoms with Crippen molar-refractivity contribution in [3.63, 3.8) is 0 Å². The number of likely N-dealkylation sites (tertiary alicyclic amines) is 1. The lowest BCUT2D eigenvalue weighted by Crippen LogP contribution is -2.46. The van der Waals surface area contributed by atoms with Crippen LogP contribution in [-0.2, 0) is 17.8 Å². The molecule has 1 aromatic carbocycles. The molecule has 6 nitrogen and oxygen atoms in total. The lowest BCUT2D eigenvalue weighted by molar-refractivity contribution is -0.123. The van der Waals surface area contributed by atoms with Crippen molar-refractivity contribution in [1.29, 1.82) is 0 Å². The summed E-state index contributed by atoms with van der Waals surface area (Å²) < 4.78 is 16.2. The molecule has 0 unspecified atom stereocenters. The lowest BCUT2D eigenvalue weighted by atomic mass is 9.77. The van der Waals surface area contributed by atoms with E-state index in [0.29, 0.717) is 19.9 Å². The second-order valence-corrected chi connectivity index (χ2v) is 7.85. The highest BCUT2D eigenvalue weighted by Gasteiger charge is 2.32. The van der Waals surface area contributed by atoms with Crippen molar-refractivity contribution >= 4 is 5.91 Å². The second kappa shape index (κ2) is 7.64. The number of benzene rings is 1. The summed E-state index contributed by atoms with van der Waals surface area (Å²) in [5.41, 5.74) is 1.40. The zero-order chi connectivity index (χ0) is 18.7. The van der Waals surface area contributed by atoms with Gasteiger partial charge in [-0.2, -0.15) is 0 Å². The molecule has 0 bridgehead atoms. The van der Waals surface area contributed by atoms with Gasteiger partial charge in [0.1, 0.15) is 5.76 Å². The first kappa shape index (κ1) is 17.9. The molecule has 1 N–H and O–H groups in total. The smallest absolute Gasteiger partial charge is 0.234 e. The average molecular weight is 370 g/mol. The summed E-state index contributed by atoms with van der Waals surface area (Å²) in [6.07, 6.45) is 4.85. The Balaban J connectivity index is 1.32. The molecule has 4 rings (SSSR count). The topological polar surface area (TPSA) is 63.9 Å². The molecule has 1 saturated heterocycles. The largest absolute Gasteiger partial charge is 0.467 e. The van der Waals surface area contributed by atoms with Crippen molar-refractivity contribution in [3.05, 3.63) is 47.9 Å². The maximum Gasteiger partial charge on any atom is 0.234 e. The number of nitrogens with zero attached hydrogens (tertiary/aromatic N) is 1. The predicted octanol–water partition coefficient (Wildman–Crippen LogP) is 2.97. The Morgan fingerprint density at radius 1 is 1.26 bits per heavy atom. The molecule has 6 heteroatoms. The van der Waals surface area contributed by atoms with E-state index >= 15 is 0 Å². The Kier molecular flexibility index (Phi) is 5.07. The number of nitrogens with one attached hydrogen (secondary N) is 1. The highest BCUT2D eigenvalue weighted by Crippen LogP contribution is 2.37. The first-order valence-corrected chi connectivity index (χ1v) is 9.50. The van der Waals surface area contributed by atoms with Crippen molar-refractivity contribution in [3.8, 4) is 11.5 Å². The SMILES string of the molecule is C[C@@]1(Cc2ccc3c(c2)OCO3)CCCN(CC(=O)NCc2ccco2)C1. The van der Waals surface area contributed by atoms with Gasteiger partial charge in [0.15, 0.2) is 11.5 Å². The summed E-state index contributed by atoms with van der Waals surface area (Å²) in [5.74, 6) is 2.47. The summed E-state index contributed by atoms with van der Waals surface area (Å²) in [4.78, 5) is 14.5. The molecule has 144 valence electrons. The molecular weight excluding hydrogens is 344 g/mol. The van der Waals surface area contributed by atoms with E-state index in [-0.39, 0.29) is 11.3 Å². The number of ether oxygens (including phenoxy) is 2. The predicted molar refractivity (Wildman–Crippen MR) is 101 cm³/mol. The molecule has 2 aromatic rings. The summed E-state index contributed by atoms with van der Waals surface area (Å²) in [6.45, 7) is 5.35. The highest BCUT2D eigenvalue weighted by molar-refractivity contribution is 5.77. The number of amides is 1. The van der Waals surface area contributed by atoms with Crippen LogP contribution >= 0.6 is 0 Å². The average Bonchev–Trinajstić information content (AvgIpc) is 3.31. The van der Waals surface area contributed by atoms with E-state index in [9.17, 15) is 4.79 Å². The summed E-state index contributed by atoms with van der Waals surface area (Å²) in [7, 11) is 0. The van der Waals surface area contributed by atoms with Crippen molar-refractivity contribution in [2.75, 3.05) is 26.4 Å². The molecule has 27 heavy (non-hydrogen) atoms. The van der Waals surface area contributed by atoms with Crippen molar-refractivity contribution in [2.24, 2.45) is 5.41 Å². The van der Waals surface area contributed by atoms with Gasteiger partial charge in [-0.05, 0) is 61.1 Å². The molecule has 0 radical (unpaired) electrons. The Morgan fingerprint density at radius 2 is 2.15 bits per heavy atom. The van der Waals surface area contributed by atoms with E-state index in [1.807, 2.05) is 18.2 Å². The van der Waals surface area contributed by atoms with Gasteiger partial charge in [0, 0.05) is 6.54 Å². The van der Waals surface area contributed by atoms with Crippen molar-refractivity contribution in [2.45, 2.75) is 32.7 Å². The molecular formula is C21H26N2O4. The fourth-order valence-electron chi connectivity index (χ4n) is 4.11. The molecule has 2 aliphatic rings. The number of hydrogen-bond donors (Lipinski definition) is 1. The van der Waals surface area contributed by atoms with Gasteiger partial charge < -0.3 is 19.2 Å². The van der Waals surface area contributed by atoms with E-state index in [0.717, 1.165) is 49.6 Å². The molecule has 0 aliphatic carbocycles. The van der Waals surface area contributed by atoms with E-state index < -0.39 is 0 Å². The third kappa shape index (κ3) is 4.45. The minimum atomic E-state index is 0.0405. The zero-order valence-corrected chi connectivity index (χ0v) is 15.7. The summed E-state index contributed by atoms with van der Waals surface area (Å²) >= 11 is 0. The van der Waals surface area contributed by atoms with Gasteiger partial charge in [-0.25, -0.2) is 0 Å². The van der Waals surface area contributed by atoms with Crippen LogP contribution in [0.1, 0.15) is 31.1 Å². The number of rotatable bonds is 6. The van der Waals surface area contributed by atoms with E-state index in [1.165, 1.54) is 5.56 Å². The lowest BCUT2D eigenvalue weighted by Gasteiger charge is -2.40. The quantitative estimate of drug-likeness (QED) is 0.847. The van der Waals surface area contributed by atoms with E-state index in [1.54, 1.807) is 6.26 Å². The summed E-state index contributed by atoms with van der Waals surface area (Å²) in [5, 5.41) is 2.93. The van der Waals surface area contributed by atoms with Crippen LogP contribution in [0.2, 0.25) is 0 Å². The van der Waals surface area contributed by atoms with Crippen LogP contribution in [-0.4, -0.2) is 37.2 Å². The molecule has 1 atom stereocenters. The molecule has 1 fully saturated rings. The fourth-order valence-corrected chi connectivity index (χ4v) is 4.11. The molecule has 0 saturated carbocycles. The van der Waals surface area contributed by atoms with Crippen LogP contribution in [0.15, 0.2) is 41.0 Å². The Hall–Kier alpha value is -2.47. The van der Waals surface area contributed by atoms with Gasteiger partial charge in [0.2, 0.25) is 12.7 Å². The third-order valence-electron chi connectivity index (χ3n) is 5.33. The molecule has 0 spiro atoms. The Labute approximate surface area is 159 Å². The van der Waals surface area contributed by atoms with Crippen LogP contribution < -0.4 is 14.8 Å². The Morgan fingerprint density at radius 3 is 3.00 bits per heavy atom. The van der Waals surface area contributed by atoms with Gasteiger partial charge in [0.05, 0.1) is 19.4 Å². The second-order valence-electron chi connectivity index (χ2n) is 7.85. The standard InChI is InChI=1S/C21H26N2O4/c1-21(11-16-5-6-18-19(10-16)27-15-26-18)7-3-8-23(14-21)13-20(24)22-12-17-4-2-9-25-17/h2,4-6,9-10H,3,7-8,11-15H2,1H3,(H,22,24)/t21-/m0/s1. The van der Waals surface area contributed by atoms with Crippen molar-refractivity contribution < 1.29 is 18.7 Å². The molecule has 1 aromatic heterocycles. The van der Waals surface area contributed by atoms with Gasteiger partial charge in [-0.3, -0.25) is 9.69 Å². The number of furan rings is 1. The minimum absolute atomic E-state index is 0.0405. The van der Waals surface area contributed by atoms with Crippen LogP contribution in [0.25, 0.3) is 0 Å². The molecule has 1 amide bonds. The highest BCUT2D eigenvalue weighted by atomic mass is 16.7. The minimum Gasteiger partial charge on any atom is -0.467 e. The van der Waals surface area contributed by atoms with Crippen LogP contribution in [0.3, 0.4) is 0 Å². The first-order valence-electron chi connectivity index (χ1n) is 9.50. The van der Waals surface area contributed by atoms with Crippen LogP contribution in [0.4, 0.5) is 0 Å². The molecule has 2 aliphatic heterocycles.